The van der Waals surface area contributed by atoms with Crippen LogP contribution in [0.2, 0.25) is 0 Å². The molecule has 0 aliphatic heterocycles. The molecule has 0 bridgehead atoms. The van der Waals surface area contributed by atoms with E-state index in [0.717, 1.165) is 16.7 Å². The highest BCUT2D eigenvalue weighted by atomic mass is 16.6. The highest BCUT2D eigenvalue weighted by Gasteiger charge is 1.99. The van der Waals surface area contributed by atoms with Crippen LogP contribution in [0.15, 0.2) is 84.0 Å². The van der Waals surface area contributed by atoms with Gasteiger partial charge in [-0.15, -0.1) is 0 Å². The Kier molecular flexibility index (Phi) is 5.01. The number of nitriles is 1. The maximum atomic E-state index is 8.75. The molecule has 3 aromatic rings. The Morgan fingerprint density at radius 2 is 1.50 bits per heavy atom. The lowest BCUT2D eigenvalue weighted by molar-refractivity contribution is 0.132. The van der Waals surface area contributed by atoms with Crippen LogP contribution in [0, 0.1) is 11.3 Å². The van der Waals surface area contributed by atoms with E-state index in [1.54, 1.807) is 24.3 Å². The average molecular weight is 311 g/mol. The molecule has 0 aliphatic rings. The topological polar surface area (TPSA) is 45.4 Å². The molecule has 3 heteroatoms. The fourth-order valence-electron chi connectivity index (χ4n) is 2.28. The van der Waals surface area contributed by atoms with Crippen molar-refractivity contribution in [1.82, 2.24) is 0 Å². The van der Waals surface area contributed by atoms with Crippen LogP contribution in [-0.2, 0) is 11.4 Å². The van der Waals surface area contributed by atoms with E-state index in [9.17, 15) is 0 Å². The second kappa shape index (κ2) is 7.75. The van der Waals surface area contributed by atoms with Crippen molar-refractivity contribution in [3.05, 3.63) is 95.6 Å². The fraction of sp³-hybridized carbons (Fsp3) is 0.0476. The number of hydrogen-bond acceptors (Lipinski definition) is 3. The molecule has 3 aromatic carbocycles. The van der Waals surface area contributed by atoms with E-state index in [1.807, 2.05) is 30.3 Å². The van der Waals surface area contributed by atoms with Crippen molar-refractivity contribution < 1.29 is 4.84 Å². The molecule has 0 unspecified atom stereocenters. The maximum Gasteiger partial charge on any atom is 0.142 e. The molecule has 0 aliphatic carbocycles. The Labute approximate surface area is 141 Å². The largest absolute Gasteiger partial charge is 0.390 e. The molecular formula is C21H15N2O. The van der Waals surface area contributed by atoms with Gasteiger partial charge in [-0.25, -0.2) is 0 Å². The maximum absolute atomic E-state index is 8.75. The van der Waals surface area contributed by atoms with Crippen molar-refractivity contribution in [1.29, 1.82) is 5.26 Å². The highest BCUT2D eigenvalue weighted by molar-refractivity contribution is 5.79. The third kappa shape index (κ3) is 4.08. The normalized spacial score (nSPS) is 10.5. The Balaban J connectivity index is 1.60. The Hall–Kier alpha value is -3.38. The predicted molar refractivity (Wildman–Crippen MR) is 94.4 cm³/mol. The monoisotopic (exact) mass is 311 g/mol. The number of hydrogen-bond donors (Lipinski definition) is 0. The van der Waals surface area contributed by atoms with Gasteiger partial charge in [0.2, 0.25) is 0 Å². The van der Waals surface area contributed by atoms with Crippen LogP contribution in [0.1, 0.15) is 16.7 Å². The van der Waals surface area contributed by atoms with Crippen LogP contribution in [0.25, 0.3) is 11.1 Å². The fourth-order valence-corrected chi connectivity index (χ4v) is 2.28. The summed E-state index contributed by atoms with van der Waals surface area (Å²) in [5.41, 5.74) is 4.75. The van der Waals surface area contributed by atoms with Gasteiger partial charge in [-0.3, -0.25) is 0 Å². The van der Waals surface area contributed by atoms with Crippen LogP contribution in [0.3, 0.4) is 0 Å². The molecule has 0 spiro atoms. The first-order valence-corrected chi connectivity index (χ1v) is 7.58. The zero-order valence-corrected chi connectivity index (χ0v) is 13.0. The summed E-state index contributed by atoms with van der Waals surface area (Å²) in [7, 11) is 0. The predicted octanol–water partition coefficient (Wildman–Crippen LogP) is 4.65. The molecule has 0 aromatic heterocycles. The standard InChI is InChI=1S/C21H15N2O/c22-14-17-9-11-18(12-10-17)15-23-24-16-19-5-4-8-21(13-19)20-6-2-1-3-7-20/h1-13H,16H2. The Morgan fingerprint density at radius 1 is 0.792 bits per heavy atom. The van der Waals surface area contributed by atoms with Crippen LogP contribution in [0.4, 0.5) is 0 Å². The lowest BCUT2D eigenvalue weighted by atomic mass is 10.0. The van der Waals surface area contributed by atoms with Gasteiger partial charge in [0.05, 0.1) is 11.6 Å². The second-order valence-electron chi connectivity index (χ2n) is 5.23. The Morgan fingerprint density at radius 3 is 2.25 bits per heavy atom. The van der Waals surface area contributed by atoms with E-state index in [4.69, 9.17) is 10.1 Å². The molecule has 0 atom stereocenters. The minimum Gasteiger partial charge on any atom is -0.390 e. The molecule has 24 heavy (non-hydrogen) atoms. The quantitative estimate of drug-likeness (QED) is 0.508. The van der Waals surface area contributed by atoms with Crippen LogP contribution >= 0.6 is 0 Å². The molecule has 0 N–H and O–H groups in total. The minimum atomic E-state index is 0.379. The van der Waals surface area contributed by atoms with Gasteiger partial charge in [-0.1, -0.05) is 65.8 Å². The van der Waals surface area contributed by atoms with Crippen molar-refractivity contribution in [2.24, 2.45) is 5.16 Å². The third-order valence-electron chi connectivity index (χ3n) is 3.52. The summed E-state index contributed by atoms with van der Waals surface area (Å²) < 4.78 is 0. The van der Waals surface area contributed by atoms with Crippen molar-refractivity contribution in [3.8, 4) is 17.2 Å². The van der Waals surface area contributed by atoms with Crippen molar-refractivity contribution in [2.45, 2.75) is 6.61 Å². The van der Waals surface area contributed by atoms with Crippen molar-refractivity contribution in [3.63, 3.8) is 0 Å². The van der Waals surface area contributed by atoms with Gasteiger partial charge >= 0.3 is 0 Å². The summed E-state index contributed by atoms with van der Waals surface area (Å²) in [5.74, 6) is 0. The third-order valence-corrected chi connectivity index (χ3v) is 3.52. The van der Waals surface area contributed by atoms with E-state index < -0.39 is 0 Å². The van der Waals surface area contributed by atoms with E-state index in [2.05, 4.69) is 41.7 Å². The summed E-state index contributed by atoms with van der Waals surface area (Å²) in [6, 6.07) is 27.5. The SMILES string of the molecule is N#Cc1ccc(/[C]=N\OCc2cccc(-c3ccccc3)c2)cc1. The van der Waals surface area contributed by atoms with E-state index in [1.165, 1.54) is 5.56 Å². The first-order chi connectivity index (χ1) is 11.8. The van der Waals surface area contributed by atoms with Crippen LogP contribution in [0.5, 0.6) is 0 Å². The summed E-state index contributed by atoms with van der Waals surface area (Å²) in [6.07, 6.45) is 2.81. The highest BCUT2D eigenvalue weighted by Crippen LogP contribution is 2.20. The molecule has 1 radical (unpaired) electrons. The van der Waals surface area contributed by atoms with Gasteiger partial charge in [0.1, 0.15) is 12.8 Å². The zero-order valence-electron chi connectivity index (χ0n) is 13.0. The van der Waals surface area contributed by atoms with Crippen LogP contribution < -0.4 is 0 Å². The van der Waals surface area contributed by atoms with Crippen molar-refractivity contribution >= 4 is 6.21 Å². The van der Waals surface area contributed by atoms with Crippen LogP contribution in [-0.4, -0.2) is 6.21 Å². The minimum absolute atomic E-state index is 0.379. The number of rotatable bonds is 5. The van der Waals surface area contributed by atoms with Crippen molar-refractivity contribution in [2.75, 3.05) is 0 Å². The Bertz CT molecular complexity index is 862. The zero-order chi connectivity index (χ0) is 16.6. The smallest absolute Gasteiger partial charge is 0.142 e. The second-order valence-corrected chi connectivity index (χ2v) is 5.23. The van der Waals surface area contributed by atoms with Gasteiger partial charge in [0.25, 0.3) is 0 Å². The number of nitrogens with zero attached hydrogens (tertiary/aromatic N) is 2. The van der Waals surface area contributed by atoms with Gasteiger partial charge in [-0.05, 0) is 34.9 Å². The van der Waals surface area contributed by atoms with Gasteiger partial charge in [0.15, 0.2) is 0 Å². The molecule has 0 heterocycles. The first kappa shape index (κ1) is 15.5. The lowest BCUT2D eigenvalue weighted by Gasteiger charge is -2.04. The molecule has 0 saturated heterocycles. The summed E-state index contributed by atoms with van der Waals surface area (Å²) in [4.78, 5) is 5.32. The van der Waals surface area contributed by atoms with E-state index in [0.29, 0.717) is 12.2 Å². The van der Waals surface area contributed by atoms with E-state index >= 15 is 0 Å². The average Bonchev–Trinajstić information content (AvgIpc) is 2.67. The van der Waals surface area contributed by atoms with Gasteiger partial charge in [-0.2, -0.15) is 5.26 Å². The molecule has 0 saturated carbocycles. The van der Waals surface area contributed by atoms with E-state index in [-0.39, 0.29) is 0 Å². The summed E-state index contributed by atoms with van der Waals surface area (Å²) >= 11 is 0. The van der Waals surface area contributed by atoms with Gasteiger partial charge < -0.3 is 4.84 Å². The summed E-state index contributed by atoms with van der Waals surface area (Å²) in [6.45, 7) is 0.379. The molecule has 0 amide bonds. The molecular weight excluding hydrogens is 296 g/mol. The summed E-state index contributed by atoms with van der Waals surface area (Å²) in [5, 5.41) is 12.6. The molecule has 115 valence electrons. The molecule has 3 rings (SSSR count). The lowest BCUT2D eigenvalue weighted by Crippen LogP contribution is -1.89. The first-order valence-electron chi connectivity index (χ1n) is 7.58. The number of benzene rings is 3. The molecule has 0 fully saturated rings. The molecule has 3 nitrogen and oxygen atoms in total. The van der Waals surface area contributed by atoms with Gasteiger partial charge in [0, 0.05) is 5.56 Å².